The van der Waals surface area contributed by atoms with Crippen LogP contribution in [-0.2, 0) is 0 Å². The number of aliphatic hydroxyl groups excluding tert-OH is 2. The molecule has 0 aliphatic carbocycles. The Morgan fingerprint density at radius 2 is 1.88 bits per heavy atom. The molecule has 0 saturated heterocycles. The van der Waals surface area contributed by atoms with Gasteiger partial charge in [0.25, 0.3) is 0 Å². The van der Waals surface area contributed by atoms with Gasteiger partial charge in [-0.15, -0.1) is 0 Å². The van der Waals surface area contributed by atoms with Gasteiger partial charge in [-0.3, -0.25) is 10.1 Å². The minimum absolute atomic E-state index is 0.0633. The maximum Gasteiger partial charge on any atom is 0.315 e. The summed E-state index contributed by atoms with van der Waals surface area (Å²) in [5.74, 6) is 0. The van der Waals surface area contributed by atoms with Crippen molar-refractivity contribution >= 4 is 17.1 Å². The Kier molecular flexibility index (Phi) is 4.68. The van der Waals surface area contributed by atoms with E-state index in [0.29, 0.717) is 5.69 Å². The summed E-state index contributed by atoms with van der Waals surface area (Å²) in [6.45, 7) is 0.0770. The molecule has 0 unspecified atom stereocenters. The smallest absolute Gasteiger partial charge is 0.315 e. The number of hydrogen-bond donors (Lipinski definition) is 3. The number of nitrogens with zero attached hydrogens (tertiary/aromatic N) is 2. The largest absolute Gasteiger partial charge is 0.395 e. The van der Waals surface area contributed by atoms with Crippen LogP contribution in [0, 0.1) is 10.1 Å². The standard InChI is InChI=1S/C10H15N3O4/c11-8-2-1-3-9(10(8)13(16)17)12(4-6-14)5-7-15/h1-3,14-15H,4-7,11H2. The third kappa shape index (κ3) is 3.05. The predicted octanol–water partition coefficient (Wildman–Crippen LogP) is -0.0320. The zero-order valence-corrected chi connectivity index (χ0v) is 9.24. The van der Waals surface area contributed by atoms with Crippen LogP contribution in [0.2, 0.25) is 0 Å². The number of aliphatic hydroxyl groups is 2. The fraction of sp³-hybridized carbons (Fsp3) is 0.400. The number of nitrogens with two attached hydrogens (primary N) is 1. The molecule has 1 aromatic rings. The predicted molar refractivity (Wildman–Crippen MR) is 63.9 cm³/mol. The molecular weight excluding hydrogens is 226 g/mol. The van der Waals surface area contributed by atoms with Gasteiger partial charge in [-0.2, -0.15) is 0 Å². The first kappa shape index (κ1) is 13.2. The van der Waals surface area contributed by atoms with E-state index in [1.807, 2.05) is 0 Å². The van der Waals surface area contributed by atoms with Crippen LogP contribution < -0.4 is 10.6 Å². The summed E-state index contributed by atoms with van der Waals surface area (Å²) in [5, 5.41) is 28.7. The van der Waals surface area contributed by atoms with Gasteiger partial charge in [-0.1, -0.05) is 6.07 Å². The maximum atomic E-state index is 10.9. The molecule has 0 bridgehead atoms. The van der Waals surface area contributed by atoms with Crippen LogP contribution in [0.15, 0.2) is 18.2 Å². The molecule has 1 rings (SSSR count). The summed E-state index contributed by atoms with van der Waals surface area (Å²) in [6, 6.07) is 4.58. The summed E-state index contributed by atoms with van der Waals surface area (Å²) in [7, 11) is 0. The number of nitrogen functional groups attached to an aromatic ring is 1. The van der Waals surface area contributed by atoms with Crippen molar-refractivity contribution in [3.8, 4) is 0 Å². The minimum Gasteiger partial charge on any atom is -0.395 e. The van der Waals surface area contributed by atoms with Gasteiger partial charge in [0.2, 0.25) is 0 Å². The molecule has 0 atom stereocenters. The molecule has 7 heteroatoms. The lowest BCUT2D eigenvalue weighted by molar-refractivity contribution is -0.383. The number of benzene rings is 1. The van der Waals surface area contributed by atoms with Gasteiger partial charge in [0.15, 0.2) is 0 Å². The highest BCUT2D eigenvalue weighted by atomic mass is 16.6. The number of hydrogen-bond acceptors (Lipinski definition) is 6. The van der Waals surface area contributed by atoms with E-state index in [2.05, 4.69) is 0 Å². The molecule has 1 aromatic carbocycles. The molecular formula is C10H15N3O4. The zero-order valence-electron chi connectivity index (χ0n) is 9.24. The molecule has 0 saturated carbocycles. The number of nitro groups is 1. The molecule has 0 aromatic heterocycles. The third-order valence-electron chi connectivity index (χ3n) is 2.31. The summed E-state index contributed by atoms with van der Waals surface area (Å²) in [5.41, 5.74) is 5.73. The van der Waals surface area contributed by atoms with Gasteiger partial charge in [0.05, 0.1) is 18.1 Å². The summed E-state index contributed by atoms with van der Waals surface area (Å²) >= 11 is 0. The zero-order chi connectivity index (χ0) is 12.8. The van der Waals surface area contributed by atoms with Crippen molar-refractivity contribution in [1.29, 1.82) is 0 Å². The summed E-state index contributed by atoms with van der Waals surface area (Å²) < 4.78 is 0. The first-order chi connectivity index (χ1) is 8.11. The molecule has 17 heavy (non-hydrogen) atoms. The van der Waals surface area contributed by atoms with Crippen LogP contribution in [0.3, 0.4) is 0 Å². The molecule has 7 nitrogen and oxygen atoms in total. The van der Waals surface area contributed by atoms with Gasteiger partial charge >= 0.3 is 5.69 Å². The van der Waals surface area contributed by atoms with Crippen molar-refractivity contribution in [2.45, 2.75) is 0 Å². The van der Waals surface area contributed by atoms with Crippen LogP contribution in [0.25, 0.3) is 0 Å². The van der Waals surface area contributed by atoms with E-state index in [4.69, 9.17) is 15.9 Å². The quantitative estimate of drug-likeness (QED) is 0.366. The van der Waals surface area contributed by atoms with Crippen LogP contribution in [0.1, 0.15) is 0 Å². The average molecular weight is 241 g/mol. The van der Waals surface area contributed by atoms with Crippen LogP contribution in [0.5, 0.6) is 0 Å². The van der Waals surface area contributed by atoms with Gasteiger partial charge in [-0.25, -0.2) is 0 Å². The summed E-state index contributed by atoms with van der Waals surface area (Å²) in [6.07, 6.45) is 0. The van der Waals surface area contributed by atoms with E-state index in [9.17, 15) is 10.1 Å². The SMILES string of the molecule is Nc1cccc(N(CCO)CCO)c1[N+](=O)[O-]. The Bertz CT molecular complexity index is 391. The van der Waals surface area contributed by atoms with Crippen molar-refractivity contribution < 1.29 is 15.1 Å². The molecule has 0 spiro atoms. The van der Waals surface area contributed by atoms with Crippen LogP contribution in [0.4, 0.5) is 17.1 Å². The molecule has 0 aliphatic rings. The minimum atomic E-state index is -0.563. The number of rotatable bonds is 6. The van der Waals surface area contributed by atoms with E-state index in [-0.39, 0.29) is 37.7 Å². The Morgan fingerprint density at radius 3 is 2.35 bits per heavy atom. The number of anilines is 2. The Hall–Kier alpha value is -1.86. The monoisotopic (exact) mass is 241 g/mol. The molecule has 0 fully saturated rings. The lowest BCUT2D eigenvalue weighted by Crippen LogP contribution is -2.30. The Labute approximate surface area is 98.2 Å². The van der Waals surface area contributed by atoms with Crippen molar-refractivity contribution in [2.75, 3.05) is 36.9 Å². The topological polar surface area (TPSA) is 113 Å². The van der Waals surface area contributed by atoms with Gasteiger partial charge in [0.1, 0.15) is 11.4 Å². The molecule has 94 valence electrons. The number of nitro benzene ring substituents is 1. The van der Waals surface area contributed by atoms with Crippen LogP contribution in [-0.4, -0.2) is 41.4 Å². The van der Waals surface area contributed by atoms with Crippen molar-refractivity contribution in [3.05, 3.63) is 28.3 Å². The van der Waals surface area contributed by atoms with Crippen molar-refractivity contribution in [3.63, 3.8) is 0 Å². The fourth-order valence-electron chi connectivity index (χ4n) is 1.60. The van der Waals surface area contributed by atoms with Crippen LogP contribution >= 0.6 is 0 Å². The van der Waals surface area contributed by atoms with E-state index in [1.165, 1.54) is 11.0 Å². The molecule has 0 radical (unpaired) electrons. The Morgan fingerprint density at radius 1 is 1.29 bits per heavy atom. The Balaban J connectivity index is 3.17. The fourth-order valence-corrected chi connectivity index (χ4v) is 1.60. The molecule has 0 heterocycles. The first-order valence-electron chi connectivity index (χ1n) is 5.11. The second-order valence-electron chi connectivity index (χ2n) is 3.41. The highest BCUT2D eigenvalue weighted by molar-refractivity contribution is 5.75. The molecule has 0 aliphatic heterocycles. The third-order valence-corrected chi connectivity index (χ3v) is 2.31. The number of para-hydroxylation sites is 1. The van der Waals surface area contributed by atoms with Gasteiger partial charge < -0.3 is 20.8 Å². The lowest BCUT2D eigenvalue weighted by atomic mass is 10.2. The van der Waals surface area contributed by atoms with E-state index >= 15 is 0 Å². The first-order valence-corrected chi connectivity index (χ1v) is 5.11. The second-order valence-corrected chi connectivity index (χ2v) is 3.41. The molecule has 4 N–H and O–H groups in total. The average Bonchev–Trinajstić information content (AvgIpc) is 2.28. The van der Waals surface area contributed by atoms with Crippen molar-refractivity contribution in [1.82, 2.24) is 0 Å². The molecule has 0 amide bonds. The van der Waals surface area contributed by atoms with E-state index in [1.54, 1.807) is 12.1 Å². The summed E-state index contributed by atoms with van der Waals surface area (Å²) in [4.78, 5) is 11.9. The maximum absolute atomic E-state index is 10.9. The van der Waals surface area contributed by atoms with Crippen molar-refractivity contribution in [2.24, 2.45) is 0 Å². The van der Waals surface area contributed by atoms with Gasteiger partial charge in [-0.05, 0) is 12.1 Å². The second kappa shape index (κ2) is 6.02. The van der Waals surface area contributed by atoms with E-state index in [0.717, 1.165) is 0 Å². The lowest BCUT2D eigenvalue weighted by Gasteiger charge is -2.22. The normalized spacial score (nSPS) is 10.2. The highest BCUT2D eigenvalue weighted by Gasteiger charge is 2.21. The highest BCUT2D eigenvalue weighted by Crippen LogP contribution is 2.33. The van der Waals surface area contributed by atoms with Gasteiger partial charge in [0, 0.05) is 13.1 Å². The van der Waals surface area contributed by atoms with E-state index < -0.39 is 4.92 Å².